The van der Waals surface area contributed by atoms with Crippen molar-refractivity contribution in [2.45, 2.75) is 39.2 Å². The number of carbonyl (C=O) groups excluding carboxylic acids is 1. The molecule has 0 aromatic rings. The van der Waals surface area contributed by atoms with E-state index in [9.17, 15) is 4.79 Å². The molecule has 2 atom stereocenters. The smallest absolute Gasteiger partial charge is 0.227 e. The van der Waals surface area contributed by atoms with E-state index in [1.54, 1.807) is 0 Å². The van der Waals surface area contributed by atoms with Crippen molar-refractivity contribution in [3.63, 3.8) is 0 Å². The van der Waals surface area contributed by atoms with Gasteiger partial charge in [0.25, 0.3) is 0 Å². The zero-order valence-electron chi connectivity index (χ0n) is 9.71. The summed E-state index contributed by atoms with van der Waals surface area (Å²) in [6.07, 6.45) is 3.12. The van der Waals surface area contributed by atoms with E-state index in [0.717, 1.165) is 18.6 Å². The van der Waals surface area contributed by atoms with Gasteiger partial charge < -0.3 is 11.1 Å². The van der Waals surface area contributed by atoms with Gasteiger partial charge in [0, 0.05) is 18.3 Å². The molecular formula is C11H22N2OS. The molecule has 4 heteroatoms. The molecule has 1 aliphatic heterocycles. The Morgan fingerprint density at radius 1 is 1.67 bits per heavy atom. The summed E-state index contributed by atoms with van der Waals surface area (Å²) in [6, 6.07) is 0.355. The van der Waals surface area contributed by atoms with E-state index in [4.69, 9.17) is 5.73 Å². The van der Waals surface area contributed by atoms with Gasteiger partial charge in [0.1, 0.15) is 0 Å². The molecule has 1 fully saturated rings. The highest BCUT2D eigenvalue weighted by atomic mass is 32.2. The molecule has 88 valence electrons. The molecule has 0 aromatic heterocycles. The fourth-order valence-corrected chi connectivity index (χ4v) is 2.68. The third kappa shape index (κ3) is 3.38. The van der Waals surface area contributed by atoms with Crippen molar-refractivity contribution in [1.29, 1.82) is 0 Å². The second kappa shape index (κ2) is 5.75. The van der Waals surface area contributed by atoms with Crippen LogP contribution in [0, 0.1) is 5.41 Å². The van der Waals surface area contributed by atoms with Crippen molar-refractivity contribution in [3.05, 3.63) is 0 Å². The third-order valence-corrected chi connectivity index (χ3v) is 4.49. The molecule has 3 N–H and O–H groups in total. The van der Waals surface area contributed by atoms with Crippen molar-refractivity contribution >= 4 is 17.7 Å². The van der Waals surface area contributed by atoms with E-state index in [2.05, 4.69) is 5.32 Å². The van der Waals surface area contributed by atoms with Crippen LogP contribution in [0.5, 0.6) is 0 Å². The Hall–Kier alpha value is -0.220. The Kier molecular flexibility index (Phi) is 4.93. The van der Waals surface area contributed by atoms with Gasteiger partial charge in [-0.1, -0.05) is 6.92 Å². The minimum absolute atomic E-state index is 0.125. The van der Waals surface area contributed by atoms with E-state index in [1.807, 2.05) is 25.6 Å². The van der Waals surface area contributed by atoms with Crippen molar-refractivity contribution in [1.82, 2.24) is 5.32 Å². The molecule has 0 aromatic carbocycles. The predicted octanol–water partition coefficient (Wildman–Crippen LogP) is 1.37. The molecule has 1 saturated heterocycles. The zero-order chi connectivity index (χ0) is 11.3. The van der Waals surface area contributed by atoms with Crippen molar-refractivity contribution in [2.75, 3.05) is 18.1 Å². The van der Waals surface area contributed by atoms with Crippen molar-refractivity contribution < 1.29 is 4.79 Å². The molecule has 2 unspecified atom stereocenters. The Bertz CT molecular complexity index is 211. The fourth-order valence-electron chi connectivity index (χ4n) is 1.61. The molecular weight excluding hydrogens is 208 g/mol. The van der Waals surface area contributed by atoms with Gasteiger partial charge >= 0.3 is 0 Å². The van der Waals surface area contributed by atoms with E-state index in [0.29, 0.717) is 12.6 Å². The highest BCUT2D eigenvalue weighted by molar-refractivity contribution is 7.99. The number of amides is 1. The van der Waals surface area contributed by atoms with Gasteiger partial charge in [0.05, 0.1) is 5.41 Å². The Balaban J connectivity index is 2.45. The van der Waals surface area contributed by atoms with Crippen LogP contribution in [-0.2, 0) is 4.79 Å². The Morgan fingerprint density at radius 2 is 2.40 bits per heavy atom. The van der Waals surface area contributed by atoms with E-state index in [-0.39, 0.29) is 11.3 Å². The van der Waals surface area contributed by atoms with Gasteiger partial charge in [-0.15, -0.1) is 0 Å². The van der Waals surface area contributed by atoms with Crippen LogP contribution < -0.4 is 11.1 Å². The van der Waals surface area contributed by atoms with Crippen LogP contribution in [0.4, 0.5) is 0 Å². The van der Waals surface area contributed by atoms with Gasteiger partial charge in [0.2, 0.25) is 5.91 Å². The molecule has 1 rings (SSSR count). The van der Waals surface area contributed by atoms with Crippen molar-refractivity contribution in [2.24, 2.45) is 11.1 Å². The minimum atomic E-state index is -0.387. The summed E-state index contributed by atoms with van der Waals surface area (Å²) in [6.45, 7) is 4.38. The number of carbonyl (C=O) groups is 1. The zero-order valence-corrected chi connectivity index (χ0v) is 10.5. The molecule has 1 amide bonds. The maximum absolute atomic E-state index is 12.0. The topological polar surface area (TPSA) is 55.1 Å². The lowest BCUT2D eigenvalue weighted by Crippen LogP contribution is -2.48. The van der Waals surface area contributed by atoms with E-state index >= 15 is 0 Å². The van der Waals surface area contributed by atoms with Gasteiger partial charge in [0.15, 0.2) is 0 Å². The maximum atomic E-state index is 12.0. The maximum Gasteiger partial charge on any atom is 0.227 e. The average molecular weight is 230 g/mol. The monoisotopic (exact) mass is 230 g/mol. The Morgan fingerprint density at radius 3 is 2.87 bits per heavy atom. The number of rotatable bonds is 4. The highest BCUT2D eigenvalue weighted by Crippen LogP contribution is 2.22. The number of nitrogens with two attached hydrogens (primary N) is 1. The van der Waals surface area contributed by atoms with Crippen LogP contribution >= 0.6 is 11.8 Å². The molecule has 0 spiro atoms. The number of hydrogen-bond acceptors (Lipinski definition) is 3. The number of nitrogens with one attached hydrogen (secondary N) is 1. The number of thioether (sulfide) groups is 1. The second-order valence-electron chi connectivity index (χ2n) is 4.51. The van der Waals surface area contributed by atoms with E-state index < -0.39 is 0 Å². The van der Waals surface area contributed by atoms with Gasteiger partial charge in [-0.2, -0.15) is 11.8 Å². The first-order chi connectivity index (χ1) is 7.12. The van der Waals surface area contributed by atoms with Crippen LogP contribution in [0.1, 0.15) is 33.1 Å². The van der Waals surface area contributed by atoms with Crippen LogP contribution in [0.15, 0.2) is 0 Å². The predicted molar refractivity (Wildman–Crippen MR) is 65.9 cm³/mol. The Labute approximate surface area is 96.6 Å². The summed E-state index contributed by atoms with van der Waals surface area (Å²) in [5, 5.41) is 3.12. The van der Waals surface area contributed by atoms with Gasteiger partial charge in [-0.05, 0) is 31.9 Å². The lowest BCUT2D eigenvalue weighted by Gasteiger charge is -2.30. The first-order valence-corrected chi connectivity index (χ1v) is 6.86. The summed E-state index contributed by atoms with van der Waals surface area (Å²) in [4.78, 5) is 12.0. The summed E-state index contributed by atoms with van der Waals surface area (Å²) >= 11 is 1.92. The molecule has 1 aliphatic rings. The third-order valence-electron chi connectivity index (χ3n) is 3.27. The SMILES string of the molecule is CCC(C)(CN)C(=O)NC1CCCSC1. The van der Waals surface area contributed by atoms with Crippen LogP contribution in [0.25, 0.3) is 0 Å². The second-order valence-corrected chi connectivity index (χ2v) is 5.66. The minimum Gasteiger partial charge on any atom is -0.352 e. The number of hydrogen-bond donors (Lipinski definition) is 2. The van der Waals surface area contributed by atoms with Crippen molar-refractivity contribution in [3.8, 4) is 0 Å². The molecule has 0 bridgehead atoms. The summed E-state index contributed by atoms with van der Waals surface area (Å²) in [5.41, 5.74) is 5.27. The fraction of sp³-hybridized carbons (Fsp3) is 0.909. The summed E-state index contributed by atoms with van der Waals surface area (Å²) in [5.74, 6) is 2.41. The van der Waals surface area contributed by atoms with Crippen LogP contribution in [0.2, 0.25) is 0 Å². The summed E-state index contributed by atoms with van der Waals surface area (Å²) in [7, 11) is 0. The van der Waals surface area contributed by atoms with Gasteiger partial charge in [-0.25, -0.2) is 0 Å². The first-order valence-electron chi connectivity index (χ1n) is 5.71. The molecule has 3 nitrogen and oxygen atoms in total. The van der Waals surface area contributed by atoms with E-state index in [1.165, 1.54) is 12.2 Å². The normalized spacial score (nSPS) is 25.7. The quantitative estimate of drug-likeness (QED) is 0.767. The first kappa shape index (κ1) is 12.8. The molecule has 15 heavy (non-hydrogen) atoms. The highest BCUT2D eigenvalue weighted by Gasteiger charge is 2.31. The van der Waals surface area contributed by atoms with Crippen LogP contribution in [0.3, 0.4) is 0 Å². The molecule has 0 aliphatic carbocycles. The standard InChI is InChI=1S/C11H22N2OS/c1-3-11(2,8-12)10(14)13-9-5-4-6-15-7-9/h9H,3-8,12H2,1-2H3,(H,13,14). The van der Waals surface area contributed by atoms with Gasteiger partial charge in [-0.3, -0.25) is 4.79 Å². The lowest BCUT2D eigenvalue weighted by molar-refractivity contribution is -0.130. The largest absolute Gasteiger partial charge is 0.352 e. The molecule has 0 saturated carbocycles. The lowest BCUT2D eigenvalue weighted by atomic mass is 9.86. The average Bonchev–Trinajstić information content (AvgIpc) is 2.29. The summed E-state index contributed by atoms with van der Waals surface area (Å²) < 4.78 is 0. The molecule has 1 heterocycles. The van der Waals surface area contributed by atoms with Crippen LogP contribution in [-0.4, -0.2) is 30.0 Å². The molecule has 0 radical (unpaired) electrons.